The Labute approximate surface area is 189 Å². The second-order valence-corrected chi connectivity index (χ2v) is 7.12. The smallest absolute Gasteiger partial charge is 0.0701 e. The first-order chi connectivity index (χ1) is 14.9. The molecular weight excluding hydrogens is 412 g/mol. The van der Waals surface area contributed by atoms with Crippen LogP contribution in [0.15, 0.2) is 0 Å². The molecule has 30 heavy (non-hydrogen) atoms. The summed E-state index contributed by atoms with van der Waals surface area (Å²) in [6.07, 6.45) is 7.73. The molecule has 7 nitrogen and oxygen atoms in total. The summed E-state index contributed by atoms with van der Waals surface area (Å²) < 4.78 is 37.9. The van der Waals surface area contributed by atoms with Crippen LogP contribution in [0.25, 0.3) is 0 Å². The van der Waals surface area contributed by atoms with Crippen molar-refractivity contribution in [3.63, 3.8) is 0 Å². The minimum absolute atomic E-state index is 0.511. The van der Waals surface area contributed by atoms with Gasteiger partial charge in [0, 0.05) is 12.5 Å². The quantitative estimate of drug-likeness (QED) is 0.138. The van der Waals surface area contributed by atoms with E-state index in [2.05, 4.69) is 6.92 Å². The van der Waals surface area contributed by atoms with Gasteiger partial charge in [0.05, 0.1) is 85.9 Å². The molecule has 0 unspecified atom stereocenters. The van der Waals surface area contributed by atoms with Gasteiger partial charge >= 0.3 is 0 Å². The van der Waals surface area contributed by atoms with Crippen LogP contribution in [0.4, 0.5) is 0 Å². The first-order valence-corrected chi connectivity index (χ1v) is 12.1. The van der Waals surface area contributed by atoms with Crippen molar-refractivity contribution in [1.82, 2.24) is 0 Å². The van der Waals surface area contributed by atoms with Gasteiger partial charge in [-0.25, -0.2) is 0 Å². The van der Waals surface area contributed by atoms with Crippen molar-refractivity contribution in [2.24, 2.45) is 0 Å². The Morgan fingerprint density at radius 3 is 1.03 bits per heavy atom. The fraction of sp³-hybridized carbons (Fsp3) is 1.00. The van der Waals surface area contributed by atoms with E-state index in [1.807, 2.05) is 0 Å². The van der Waals surface area contributed by atoms with Crippen LogP contribution in [0, 0.1) is 0 Å². The van der Waals surface area contributed by atoms with E-state index in [1.165, 1.54) is 32.1 Å². The molecule has 0 heterocycles. The molecule has 0 atom stereocenters. The van der Waals surface area contributed by atoms with E-state index in [-0.39, 0.29) is 0 Å². The van der Waals surface area contributed by atoms with Gasteiger partial charge in [0.15, 0.2) is 0 Å². The third kappa shape index (κ3) is 28.0. The molecule has 182 valence electrons. The van der Waals surface area contributed by atoms with Gasteiger partial charge in [0.25, 0.3) is 0 Å². The SMILES string of the molecule is CCCCCCCCOCCOCCOCCOCCOCCOCCOCCCl. The Hall–Kier alpha value is 0.01000. The zero-order chi connectivity index (χ0) is 21.8. The number of unbranched alkanes of at least 4 members (excludes halogenated alkanes) is 5. The Kier molecular flexibility index (Phi) is 29.0. The summed E-state index contributed by atoms with van der Waals surface area (Å²) in [7, 11) is 0. The van der Waals surface area contributed by atoms with Crippen molar-refractivity contribution < 1.29 is 33.2 Å². The van der Waals surface area contributed by atoms with Gasteiger partial charge in [-0.1, -0.05) is 39.0 Å². The maximum atomic E-state index is 5.56. The number of rotatable bonds is 27. The Morgan fingerprint density at radius 1 is 0.367 bits per heavy atom. The van der Waals surface area contributed by atoms with Gasteiger partial charge in [0.2, 0.25) is 0 Å². The van der Waals surface area contributed by atoms with Crippen molar-refractivity contribution in [2.45, 2.75) is 45.4 Å². The molecule has 0 saturated heterocycles. The summed E-state index contributed by atoms with van der Waals surface area (Å²) in [4.78, 5) is 0. The maximum Gasteiger partial charge on any atom is 0.0701 e. The second-order valence-electron chi connectivity index (χ2n) is 6.74. The summed E-state index contributed by atoms with van der Waals surface area (Å²) in [6.45, 7) is 10.5. The highest BCUT2D eigenvalue weighted by molar-refractivity contribution is 6.17. The van der Waals surface area contributed by atoms with E-state index >= 15 is 0 Å². The van der Waals surface area contributed by atoms with Gasteiger partial charge < -0.3 is 33.2 Å². The minimum Gasteiger partial charge on any atom is -0.379 e. The molecular formula is C22H45ClO7. The van der Waals surface area contributed by atoms with Crippen molar-refractivity contribution in [2.75, 3.05) is 98.4 Å². The largest absolute Gasteiger partial charge is 0.379 e. The van der Waals surface area contributed by atoms with Gasteiger partial charge in [-0.2, -0.15) is 0 Å². The summed E-state index contributed by atoms with van der Waals surface area (Å²) in [6, 6.07) is 0. The van der Waals surface area contributed by atoms with Gasteiger partial charge in [-0.05, 0) is 6.42 Å². The minimum atomic E-state index is 0.511. The number of hydrogen-bond acceptors (Lipinski definition) is 7. The van der Waals surface area contributed by atoms with Crippen LogP contribution in [0.3, 0.4) is 0 Å². The van der Waals surface area contributed by atoms with Gasteiger partial charge in [-0.15, -0.1) is 11.6 Å². The van der Waals surface area contributed by atoms with E-state index in [9.17, 15) is 0 Å². The number of halogens is 1. The van der Waals surface area contributed by atoms with Crippen LogP contribution in [0.1, 0.15) is 45.4 Å². The molecule has 0 aromatic carbocycles. The van der Waals surface area contributed by atoms with Crippen molar-refractivity contribution in [1.29, 1.82) is 0 Å². The molecule has 0 saturated carbocycles. The summed E-state index contributed by atoms with van der Waals surface area (Å²) in [5, 5.41) is 0. The molecule has 0 aliphatic rings. The standard InChI is InChI=1S/C22H45ClO7/c1-2-3-4-5-6-7-9-24-11-13-26-15-17-28-19-21-30-22-20-29-18-16-27-14-12-25-10-8-23/h2-22H2,1H3. The number of alkyl halides is 1. The van der Waals surface area contributed by atoms with Gasteiger partial charge in [-0.3, -0.25) is 0 Å². The van der Waals surface area contributed by atoms with Crippen LogP contribution in [-0.2, 0) is 33.2 Å². The lowest BCUT2D eigenvalue weighted by Crippen LogP contribution is -2.14. The molecule has 0 bridgehead atoms. The predicted octanol–water partition coefficient (Wildman–Crippen LogP) is 3.70. The third-order valence-corrected chi connectivity index (χ3v) is 4.25. The Bertz CT molecular complexity index is 271. The van der Waals surface area contributed by atoms with Crippen LogP contribution < -0.4 is 0 Å². The topological polar surface area (TPSA) is 64.6 Å². The summed E-state index contributed by atoms with van der Waals surface area (Å²) in [5.41, 5.74) is 0. The zero-order valence-electron chi connectivity index (χ0n) is 19.1. The highest BCUT2D eigenvalue weighted by atomic mass is 35.5. The van der Waals surface area contributed by atoms with E-state index in [4.69, 9.17) is 44.8 Å². The second kappa shape index (κ2) is 29.0. The Balaban J connectivity index is 2.97. The number of hydrogen-bond donors (Lipinski definition) is 0. The van der Waals surface area contributed by atoms with E-state index in [1.54, 1.807) is 0 Å². The molecule has 0 rings (SSSR count). The van der Waals surface area contributed by atoms with Crippen LogP contribution in [0.5, 0.6) is 0 Å². The van der Waals surface area contributed by atoms with Crippen molar-refractivity contribution in [3.05, 3.63) is 0 Å². The van der Waals surface area contributed by atoms with E-state index < -0.39 is 0 Å². The van der Waals surface area contributed by atoms with Crippen molar-refractivity contribution in [3.8, 4) is 0 Å². The van der Waals surface area contributed by atoms with E-state index in [0.717, 1.165) is 13.0 Å². The Morgan fingerprint density at radius 2 is 0.667 bits per heavy atom. The highest BCUT2D eigenvalue weighted by Crippen LogP contribution is 2.04. The fourth-order valence-corrected chi connectivity index (χ4v) is 2.57. The average Bonchev–Trinajstić information content (AvgIpc) is 2.76. The lowest BCUT2D eigenvalue weighted by Gasteiger charge is -2.08. The van der Waals surface area contributed by atoms with Crippen LogP contribution >= 0.6 is 11.6 Å². The average molecular weight is 457 g/mol. The lowest BCUT2D eigenvalue weighted by atomic mass is 10.1. The molecule has 0 aromatic heterocycles. The first kappa shape index (κ1) is 30.0. The highest BCUT2D eigenvalue weighted by Gasteiger charge is 1.95. The van der Waals surface area contributed by atoms with Crippen molar-refractivity contribution >= 4 is 11.6 Å². The molecule has 0 aliphatic carbocycles. The molecule has 0 aromatic rings. The summed E-state index contributed by atoms with van der Waals surface area (Å²) in [5.74, 6) is 0.511. The molecule has 0 N–H and O–H groups in total. The van der Waals surface area contributed by atoms with Crippen LogP contribution in [-0.4, -0.2) is 98.4 Å². The van der Waals surface area contributed by atoms with Gasteiger partial charge in [0.1, 0.15) is 0 Å². The monoisotopic (exact) mass is 456 g/mol. The third-order valence-electron chi connectivity index (χ3n) is 4.10. The fourth-order valence-electron chi connectivity index (χ4n) is 2.46. The molecule has 0 aliphatic heterocycles. The molecule has 0 amide bonds. The van der Waals surface area contributed by atoms with E-state index in [0.29, 0.717) is 91.8 Å². The predicted molar refractivity (Wildman–Crippen MR) is 120 cm³/mol. The first-order valence-electron chi connectivity index (χ1n) is 11.5. The lowest BCUT2D eigenvalue weighted by molar-refractivity contribution is -0.0201. The molecule has 0 radical (unpaired) electrons. The number of ether oxygens (including phenoxy) is 7. The molecule has 0 spiro atoms. The zero-order valence-corrected chi connectivity index (χ0v) is 19.8. The summed E-state index contributed by atoms with van der Waals surface area (Å²) >= 11 is 5.49. The maximum absolute atomic E-state index is 5.56. The normalized spacial score (nSPS) is 11.4. The molecule has 0 fully saturated rings. The van der Waals surface area contributed by atoms with Crippen LogP contribution in [0.2, 0.25) is 0 Å². The molecule has 8 heteroatoms.